The molecule has 4 atom stereocenters. The highest BCUT2D eigenvalue weighted by atomic mass is 32.2. The number of hydrogen-bond acceptors (Lipinski definition) is 23. The number of nitro benzene ring substituents is 2. The molecule has 0 fully saturated rings. The molecule has 0 saturated carbocycles. The number of aromatic nitrogens is 4. The van der Waals surface area contributed by atoms with Gasteiger partial charge in [0.15, 0.2) is 23.5 Å². The summed E-state index contributed by atoms with van der Waals surface area (Å²) in [5.41, 5.74) is 24.5. The Bertz CT molecular complexity index is 8000. The summed E-state index contributed by atoms with van der Waals surface area (Å²) in [5, 5.41) is 44.9. The van der Waals surface area contributed by atoms with Gasteiger partial charge < -0.3 is 48.7 Å². The molecule has 146 heavy (non-hydrogen) atoms. The van der Waals surface area contributed by atoms with Gasteiger partial charge in [-0.15, -0.1) is 0 Å². The van der Waals surface area contributed by atoms with Crippen molar-refractivity contribution >= 4 is 137 Å². The number of anilines is 1. The molecule has 8 heterocycles. The SMILES string of the molecule is CC(=O)C(OC(C)(C)C)c1c(C)c(N)c2ccccc2c1-c1ccc2c3c(ccnc13)CCO2.CC(=O)C(OC(C)(C)C)c1c(C)c([N+](=O)[O-])c2ccccc2c1-c1ccc2c3c(ccnc13)CCO2.CC(=O)C(OC(C)(C)C)c1c(C)cc2c([N+](=O)[O-])cccc2c1-c1ccc2c3c(ccnc13)CCO2.Cc1cc2ccccc2c(-c2ccc3c4c(ccnc24)CCO3)c1C(OC(C)(C)CCCCS(C)(=O)=O)C(=O)O. The van der Waals surface area contributed by atoms with E-state index in [4.69, 9.17) is 63.6 Å². The third-order valence-electron chi connectivity index (χ3n) is 27.3. The minimum atomic E-state index is -3.06. The Kier molecular flexibility index (Phi) is 28.7. The number of nitro groups is 2. The van der Waals surface area contributed by atoms with Crippen molar-refractivity contribution < 1.29 is 80.4 Å². The maximum absolute atomic E-state index is 13.1. The number of non-ortho nitro benzene ring substituents is 1. The Morgan fingerprint density at radius 1 is 0.411 bits per heavy atom. The monoisotopic (exact) mass is 1980 g/mol. The average Bonchev–Trinajstić information content (AvgIpc) is 0.722. The van der Waals surface area contributed by atoms with Gasteiger partial charge in [0.1, 0.15) is 51.1 Å². The van der Waals surface area contributed by atoms with Gasteiger partial charge in [-0.25, -0.2) is 13.2 Å². The van der Waals surface area contributed by atoms with Crippen molar-refractivity contribution in [3.05, 3.63) is 288 Å². The summed E-state index contributed by atoms with van der Waals surface area (Å²) in [7, 11) is -3.06. The molecule has 0 radical (unpaired) electrons. The molecule has 12 aromatic carbocycles. The molecular weight excluding hydrogens is 1860 g/mol. The Morgan fingerprint density at radius 3 is 1.14 bits per heavy atom. The van der Waals surface area contributed by atoms with E-state index in [1.54, 1.807) is 56.7 Å². The van der Waals surface area contributed by atoms with Crippen LogP contribution in [-0.2, 0) is 73.6 Å². The lowest BCUT2D eigenvalue weighted by atomic mass is 9.84. The molecular formula is C119H121N7O19S. The lowest BCUT2D eigenvalue weighted by Gasteiger charge is -2.31. The molecule has 16 aromatic rings. The van der Waals surface area contributed by atoms with Gasteiger partial charge in [-0.1, -0.05) is 84.9 Å². The van der Waals surface area contributed by atoms with Gasteiger partial charge in [0.05, 0.1) is 91.5 Å². The van der Waals surface area contributed by atoms with E-state index in [0.717, 1.165) is 197 Å². The van der Waals surface area contributed by atoms with Crippen LogP contribution in [0.3, 0.4) is 0 Å². The summed E-state index contributed by atoms with van der Waals surface area (Å²) in [6.45, 7) is 35.4. The standard InChI is InChI=1S/C32H35NO6S.2C29H28N2O5.C29H30N2O3/c1-20-19-22-9-5-6-10-23(22)28(24-11-12-25-27-21(14-17-38-25)13-16-33-29(24)27)26(20)30(31(34)35)39-32(2,3)15-7-8-18-40(4,36)37;1-16-15-21-19(7-6-8-22(21)31(33)34)26(24(16)28(17(2)32)36-29(3,4)5)20-9-10-23-25-18(12-14-35-23)11-13-30-27(20)25;1-16-23(28(17(2)32)36-29(3,4)5)25(19-8-6-7-9-20(19)27(16)31(33)34)21-10-11-22-24-18(13-15-35-22)12-14-30-26(21)24;1-16-23(28(17(2)32)34-29(3,4)5)25(19-8-6-7-9-20(19)26(16)30)21-10-11-22-24-18(13-15-33-22)12-14-31-27(21)24/h5-6,9-13,16,19,30H,7-8,14-15,17-18H2,1-4H3,(H,34,35);6-11,13,15,28H,12,14H2,1-5H3;6-12,14,28H,13,15H2,1-5H3;6-12,14,28H,13,15,30H2,1-5H3. The van der Waals surface area contributed by atoms with Crippen molar-refractivity contribution in [1.29, 1.82) is 0 Å². The molecule has 0 saturated heterocycles. The number of benzene rings is 12. The molecule has 4 unspecified atom stereocenters. The highest BCUT2D eigenvalue weighted by Gasteiger charge is 2.41. The number of aliphatic carboxylic acids is 1. The van der Waals surface area contributed by atoms with Crippen molar-refractivity contribution in [3.63, 3.8) is 0 Å². The number of nitrogen functional groups attached to an aromatic ring is 1. The molecule has 3 N–H and O–H groups in total. The number of fused-ring (bicyclic) bond motifs is 4. The first kappa shape index (κ1) is 103. The van der Waals surface area contributed by atoms with E-state index in [0.29, 0.717) is 95.2 Å². The second kappa shape index (κ2) is 40.8. The predicted octanol–water partition coefficient (Wildman–Crippen LogP) is 26.1. The number of carbonyl (C=O) groups is 4. The Morgan fingerprint density at radius 2 is 0.753 bits per heavy atom. The van der Waals surface area contributed by atoms with Gasteiger partial charge in [-0.3, -0.25) is 54.5 Å². The van der Waals surface area contributed by atoms with E-state index in [9.17, 15) is 52.9 Å². The maximum Gasteiger partial charge on any atom is 0.337 e. The smallest absolute Gasteiger partial charge is 0.337 e. The third-order valence-corrected chi connectivity index (χ3v) is 28.3. The fourth-order valence-corrected chi connectivity index (χ4v) is 21.9. The number of hydrogen-bond donors (Lipinski definition) is 2. The van der Waals surface area contributed by atoms with Crippen molar-refractivity contribution in [2.75, 3.05) is 44.2 Å². The van der Waals surface area contributed by atoms with Crippen LogP contribution < -0.4 is 24.7 Å². The molecule has 0 amide bonds. The van der Waals surface area contributed by atoms with Crippen LogP contribution >= 0.6 is 0 Å². The summed E-state index contributed by atoms with van der Waals surface area (Å²) in [6, 6.07) is 55.9. The number of ketones is 3. The fraction of sp³-hybridized carbons (Fsp3) is 0.328. The second-order valence-corrected chi connectivity index (χ2v) is 44.0. The summed E-state index contributed by atoms with van der Waals surface area (Å²) in [4.78, 5) is 94.6. The number of nitrogens with zero attached hydrogens (tertiary/aromatic N) is 6. The number of carbonyl (C=O) groups excluding carboxylic acids is 3. The average molecular weight is 1990 g/mol. The number of carboxylic acid groups (broad SMARTS) is 1. The van der Waals surface area contributed by atoms with Crippen molar-refractivity contribution in [3.8, 4) is 67.5 Å². The van der Waals surface area contributed by atoms with Crippen LogP contribution in [0.2, 0.25) is 0 Å². The number of unbranched alkanes of at least 4 members (excludes halogenated alkanes) is 1. The summed E-state index contributed by atoms with van der Waals surface area (Å²) in [6.07, 6.45) is 9.38. The number of sulfone groups is 1. The molecule has 0 aliphatic carbocycles. The van der Waals surface area contributed by atoms with Gasteiger partial charge in [-0.2, -0.15) is 0 Å². The van der Waals surface area contributed by atoms with Crippen molar-refractivity contribution in [2.24, 2.45) is 0 Å². The summed E-state index contributed by atoms with van der Waals surface area (Å²) < 4.78 is 72.3. The lowest BCUT2D eigenvalue weighted by molar-refractivity contribution is -0.383. The number of aryl methyl sites for hydroxylation is 2. The molecule has 0 bridgehead atoms. The van der Waals surface area contributed by atoms with E-state index in [1.165, 1.54) is 31.7 Å². The normalized spacial score (nSPS) is 14.2. The molecule has 0 spiro atoms. The molecule has 4 aliphatic heterocycles. The zero-order valence-corrected chi connectivity index (χ0v) is 86.6. The van der Waals surface area contributed by atoms with Gasteiger partial charge >= 0.3 is 5.97 Å². The number of Topliss-reactive ketones (excluding diaryl/α,β-unsaturated/α-hetero) is 3. The molecule has 26 nitrogen and oxygen atoms in total. The minimum Gasteiger partial charge on any atom is -0.493 e. The highest BCUT2D eigenvalue weighted by molar-refractivity contribution is 7.90. The van der Waals surface area contributed by atoms with Crippen LogP contribution in [0.25, 0.3) is 131 Å². The molecule has 4 aliphatic rings. The van der Waals surface area contributed by atoms with Crippen LogP contribution in [0, 0.1) is 47.9 Å². The first-order chi connectivity index (χ1) is 69.3. The first-order valence-electron chi connectivity index (χ1n) is 49.3. The number of rotatable bonds is 24. The van der Waals surface area contributed by atoms with Crippen LogP contribution in [-0.4, -0.2) is 127 Å². The second-order valence-electron chi connectivity index (χ2n) is 41.7. The van der Waals surface area contributed by atoms with Gasteiger partial charge in [0.25, 0.3) is 11.4 Å². The summed E-state index contributed by atoms with van der Waals surface area (Å²) in [5.74, 6) is 1.75. The largest absolute Gasteiger partial charge is 0.493 e. The van der Waals surface area contributed by atoms with E-state index in [2.05, 4.69) is 18.2 Å². The number of ether oxygens (including phenoxy) is 8. The van der Waals surface area contributed by atoms with E-state index in [1.807, 2.05) is 231 Å². The van der Waals surface area contributed by atoms with Crippen LogP contribution in [0.1, 0.15) is 207 Å². The van der Waals surface area contributed by atoms with Crippen molar-refractivity contribution in [1.82, 2.24) is 19.9 Å². The van der Waals surface area contributed by atoms with E-state index >= 15 is 0 Å². The number of pyridine rings is 4. The zero-order chi connectivity index (χ0) is 104. The molecule has 27 heteroatoms. The fourth-order valence-electron chi connectivity index (χ4n) is 21.2. The maximum atomic E-state index is 13.1. The predicted molar refractivity (Wildman–Crippen MR) is 574 cm³/mol. The first-order valence-corrected chi connectivity index (χ1v) is 51.3. The van der Waals surface area contributed by atoms with E-state index < -0.39 is 62.6 Å². The lowest BCUT2D eigenvalue weighted by Crippen LogP contribution is -2.31. The Labute approximate surface area is 847 Å². The molecule has 752 valence electrons. The molecule has 4 aromatic heterocycles. The Hall–Kier alpha value is -14.6. The van der Waals surface area contributed by atoms with Gasteiger partial charge in [-0.05, 0) is 323 Å². The minimum absolute atomic E-state index is 0.0125. The number of carboxylic acids is 1. The van der Waals surface area contributed by atoms with Gasteiger partial charge in [0.2, 0.25) is 0 Å². The number of nitrogens with two attached hydrogens (primary N) is 1. The summed E-state index contributed by atoms with van der Waals surface area (Å²) >= 11 is 0. The van der Waals surface area contributed by atoms with Crippen LogP contribution in [0.15, 0.2) is 201 Å². The highest BCUT2D eigenvalue weighted by Crippen LogP contribution is 2.54. The van der Waals surface area contributed by atoms with Crippen LogP contribution in [0.5, 0.6) is 23.0 Å². The third kappa shape index (κ3) is 20.6. The zero-order valence-electron chi connectivity index (χ0n) is 85.8. The quantitative estimate of drug-likeness (QED) is 0.0245. The van der Waals surface area contributed by atoms with E-state index in [-0.39, 0.29) is 44.3 Å². The van der Waals surface area contributed by atoms with Crippen LogP contribution in [0.4, 0.5) is 17.1 Å². The topological polar surface area (TPSA) is 360 Å². The Balaban J connectivity index is 0.000000133. The molecule has 20 rings (SSSR count). The van der Waals surface area contributed by atoms with Gasteiger partial charge in [0, 0.05) is 146 Å². The van der Waals surface area contributed by atoms with Crippen molar-refractivity contribution in [2.45, 2.75) is 216 Å².